The minimum Gasteiger partial charge on any atom is -0.508 e. The zero-order valence-electron chi connectivity index (χ0n) is 73.2. The number of benzene rings is 4. The van der Waals surface area contributed by atoms with Gasteiger partial charge < -0.3 is 66.5 Å². The van der Waals surface area contributed by atoms with Crippen molar-refractivity contribution in [2.45, 2.75) is 207 Å². The summed E-state index contributed by atoms with van der Waals surface area (Å²) in [5.74, 6) is -9.50. The van der Waals surface area contributed by atoms with E-state index in [4.69, 9.17) is 14.2 Å². The molecule has 1 aliphatic rings. The Morgan fingerprint density at radius 3 is 2.08 bits per heavy atom. The van der Waals surface area contributed by atoms with Crippen LogP contribution in [-0.2, 0) is 99.3 Å². The van der Waals surface area contributed by atoms with Crippen molar-refractivity contribution in [1.82, 2.24) is 72.0 Å². The number of esters is 2. The van der Waals surface area contributed by atoms with Crippen LogP contribution in [0.1, 0.15) is 187 Å². The van der Waals surface area contributed by atoms with E-state index in [1.165, 1.54) is 61.6 Å². The Kier molecular flexibility index (Phi) is 44.1. The van der Waals surface area contributed by atoms with Crippen molar-refractivity contribution in [1.29, 1.82) is 0 Å². The molecule has 7 rings (SSSR count). The molecule has 1 aliphatic heterocycles. The van der Waals surface area contributed by atoms with E-state index in [-0.39, 0.29) is 116 Å². The number of rotatable bonds is 53. The molecule has 0 saturated carbocycles. The van der Waals surface area contributed by atoms with Gasteiger partial charge in [-0.1, -0.05) is 148 Å². The number of likely N-dealkylation sites (N-methyl/N-ethyl adjacent to an activating group) is 1. The van der Waals surface area contributed by atoms with Crippen LogP contribution < -0.4 is 59.3 Å². The van der Waals surface area contributed by atoms with Crippen LogP contribution in [-0.4, -0.2) is 207 Å². The second-order valence-corrected chi connectivity index (χ2v) is 35.0. The standard InChI is InChI=1S/C89H118F2N14O20S3/c1-8-21-80(115)124-55-105(78(112)52-96-85(119)71-28-16-18-41-102(71)7)72(56(2)3)49-73(125-59(6)106)86-99-70(54-126-86)84(118)97-64(48-62-30-33-65(107)34-31-62)46-57(4)82(116)100-101-88(121)123-43-45-128-127-44-40-93-76(110)50-95-83(117)69(35-37-79(113)114)98-77(111)51-94-74(108)29-15-10-9-11-17-39-92-75(109)36-32-61-24-19-25-63(47-61)81-58(5)104(53-66-67(90)26-20-27-68(66)91)89(122)103(87(81)120)42-38-60-22-13-12-14-23-60/h12-14,19-20,22-27,30-31,33-34,47,54,56-57,64,69,71-73,107H,8-11,15-18,21,28-29,32,35-46,48-53,55H2,1-7H3,(H,92,109)(H,93,110)(H,94,108)(H,95,117)(H,96,119)(H,97,118)(H,98,111)(H,100,116)(H,101,121)(H,113,114)/t57-,64+,69+,71?,72+,73+/m0/s1. The summed E-state index contributed by atoms with van der Waals surface area (Å²) in [5.41, 5.74) is 6.14. The summed E-state index contributed by atoms with van der Waals surface area (Å²) in [7, 11) is 4.49. The summed E-state index contributed by atoms with van der Waals surface area (Å²) in [6, 6.07) is 22.8. The third kappa shape index (κ3) is 35.6. The number of likely N-dealkylation sites (tertiary alicyclic amines) is 1. The maximum atomic E-state index is 14.9. The SMILES string of the molecule is CCCC(=O)OCN(C(=O)CNC(=O)C1CCCCN1C)[C@H](C[C@@H](OC(C)=O)c1nc(C(=O)N[C@@H](Cc2ccc(O)cc2)C[C@H](C)C(=O)NNC(=O)OCCSSCCNC(=O)CNC(=O)[C@@H](CCC(=O)O)NC(=O)CNC(=O)CCCCCCCNC(=O)CCc2cccc(-c3c(C)n(Cc4c(F)cccc4F)c(=O)n(CCc4ccccc4)c3=O)c2)cs1)C(C)C. The summed E-state index contributed by atoms with van der Waals surface area (Å²) < 4.78 is 48.8. The number of hydrazine groups is 1. The fraction of sp³-hybridized carbons (Fsp3) is 0.506. The van der Waals surface area contributed by atoms with E-state index >= 15 is 0 Å². The van der Waals surface area contributed by atoms with E-state index in [1.54, 1.807) is 51.1 Å². The van der Waals surface area contributed by atoms with Crippen molar-refractivity contribution < 1.29 is 95.5 Å². The number of piperidine rings is 1. The van der Waals surface area contributed by atoms with Gasteiger partial charge in [-0.2, -0.15) is 0 Å². The molecule has 6 aromatic rings. The number of aromatic hydroxyl groups is 1. The maximum Gasteiger partial charge on any atom is 0.426 e. The lowest BCUT2D eigenvalue weighted by molar-refractivity contribution is -0.158. The first-order valence-electron chi connectivity index (χ1n) is 42.9. The van der Waals surface area contributed by atoms with E-state index in [2.05, 4.69) is 53.1 Å². The molecule has 0 bridgehead atoms. The quantitative estimate of drug-likeness (QED) is 0.00434. The summed E-state index contributed by atoms with van der Waals surface area (Å²) in [6.45, 7) is 8.76. The van der Waals surface area contributed by atoms with Gasteiger partial charge in [0.1, 0.15) is 40.7 Å². The Balaban J connectivity index is 0.754. The van der Waals surface area contributed by atoms with Gasteiger partial charge in [-0.05, 0) is 137 Å². The van der Waals surface area contributed by atoms with E-state index in [0.29, 0.717) is 74.1 Å². The maximum absolute atomic E-state index is 14.9. The second-order valence-electron chi connectivity index (χ2n) is 31.4. The minimum atomic E-state index is -1.35. The number of thiazole rings is 1. The Morgan fingerprint density at radius 1 is 0.680 bits per heavy atom. The number of unbranched alkanes of at least 4 members (excludes halogenated alkanes) is 4. The van der Waals surface area contributed by atoms with Crippen LogP contribution in [0, 0.1) is 30.4 Å². The molecule has 2 aromatic heterocycles. The number of aliphatic carboxylic acids is 1. The van der Waals surface area contributed by atoms with Crippen molar-refractivity contribution in [2.24, 2.45) is 11.8 Å². The van der Waals surface area contributed by atoms with Gasteiger partial charge in [0.2, 0.25) is 47.3 Å². The molecule has 4 aromatic carbocycles. The molecular formula is C89H118F2N14O20S3. The number of carbonyl (C=O) groups is 13. The molecule has 3 heterocycles. The zero-order chi connectivity index (χ0) is 93.2. The molecule has 0 aliphatic carbocycles. The van der Waals surface area contributed by atoms with Gasteiger partial charge in [-0.25, -0.2) is 28.8 Å². The van der Waals surface area contributed by atoms with Crippen LogP contribution >= 0.6 is 32.9 Å². The van der Waals surface area contributed by atoms with Crippen LogP contribution in [0.3, 0.4) is 0 Å². The van der Waals surface area contributed by atoms with Crippen molar-refractivity contribution >= 4 is 110 Å². The molecular weight excluding hydrogens is 1720 g/mol. The van der Waals surface area contributed by atoms with Gasteiger partial charge in [0.05, 0.1) is 37.8 Å². The molecule has 1 saturated heterocycles. The number of carboxylic acids is 1. The lowest BCUT2D eigenvalue weighted by atomic mass is 9.95. The Bertz CT molecular complexity index is 4850. The first-order valence-corrected chi connectivity index (χ1v) is 46.3. The highest BCUT2D eigenvalue weighted by atomic mass is 33.1. The highest BCUT2D eigenvalue weighted by Gasteiger charge is 2.36. The predicted octanol–water partition coefficient (Wildman–Crippen LogP) is 7.76. The number of hydrogen-bond donors (Lipinski definition) is 11. The minimum absolute atomic E-state index is 0.00366. The molecule has 128 heavy (non-hydrogen) atoms. The highest BCUT2D eigenvalue weighted by molar-refractivity contribution is 8.76. The van der Waals surface area contributed by atoms with Crippen molar-refractivity contribution in [3.8, 4) is 16.9 Å². The molecule has 34 nitrogen and oxygen atoms in total. The molecule has 10 amide bonds. The third-order valence-corrected chi connectivity index (χ3v) is 24.5. The van der Waals surface area contributed by atoms with E-state index < -0.39 is 164 Å². The number of carbonyl (C=O) groups excluding carboxylic acids is 12. The van der Waals surface area contributed by atoms with Gasteiger partial charge in [-0.3, -0.25) is 81.8 Å². The fourth-order valence-corrected chi connectivity index (χ4v) is 16.8. The average molecular weight is 1840 g/mol. The molecule has 6 atom stereocenters. The summed E-state index contributed by atoms with van der Waals surface area (Å²) in [5, 5.41) is 39.6. The first kappa shape index (κ1) is 103. The number of nitrogens with one attached hydrogen (secondary N) is 9. The largest absolute Gasteiger partial charge is 0.508 e. The summed E-state index contributed by atoms with van der Waals surface area (Å²) in [6.07, 6.45) is 4.61. The average Bonchev–Trinajstić information content (AvgIpc) is 0.974. The first-order chi connectivity index (χ1) is 61.3. The van der Waals surface area contributed by atoms with Crippen LogP contribution in [0.2, 0.25) is 0 Å². The van der Waals surface area contributed by atoms with Crippen LogP contribution in [0.5, 0.6) is 5.75 Å². The van der Waals surface area contributed by atoms with E-state index in [9.17, 15) is 90.9 Å². The highest BCUT2D eigenvalue weighted by Crippen LogP contribution is 2.32. The Morgan fingerprint density at radius 2 is 1.37 bits per heavy atom. The topological polar surface area (TPSA) is 462 Å². The molecule has 0 spiro atoms. The number of nitrogens with zero attached hydrogens (tertiary/aromatic N) is 5. The van der Waals surface area contributed by atoms with Crippen LogP contribution in [0.4, 0.5) is 13.6 Å². The molecule has 696 valence electrons. The molecule has 1 unspecified atom stereocenters. The predicted molar refractivity (Wildman–Crippen MR) is 478 cm³/mol. The lowest BCUT2D eigenvalue weighted by Gasteiger charge is -2.36. The number of ether oxygens (including phenoxy) is 3. The number of carboxylic acid groups (broad SMARTS) is 1. The number of hydrogen-bond acceptors (Lipinski definition) is 24. The van der Waals surface area contributed by atoms with Gasteiger partial charge in [0.25, 0.3) is 11.5 Å². The lowest BCUT2D eigenvalue weighted by Crippen LogP contribution is -2.52. The van der Waals surface area contributed by atoms with Gasteiger partial charge in [0.15, 0.2) is 12.8 Å². The number of amides is 10. The molecule has 0 radical (unpaired) electrons. The van der Waals surface area contributed by atoms with Crippen molar-refractivity contribution in [2.75, 3.05) is 71.2 Å². The number of phenols is 1. The number of halogens is 2. The number of aromatic nitrogens is 3. The smallest absolute Gasteiger partial charge is 0.426 e. The Hall–Kier alpha value is -11.6. The van der Waals surface area contributed by atoms with E-state index in [1.807, 2.05) is 62.2 Å². The normalized spacial score (nSPS) is 13.7. The zero-order valence-corrected chi connectivity index (χ0v) is 75.7. The van der Waals surface area contributed by atoms with Gasteiger partial charge in [-0.15, -0.1) is 11.3 Å². The molecule has 1 fully saturated rings. The number of aryl methyl sites for hydroxylation is 2. The van der Waals surface area contributed by atoms with Crippen LogP contribution in [0.15, 0.2) is 112 Å². The summed E-state index contributed by atoms with van der Waals surface area (Å²) in [4.78, 5) is 205. The van der Waals surface area contributed by atoms with Gasteiger partial charge in [0, 0.05) is 105 Å². The second kappa shape index (κ2) is 54.6. The van der Waals surface area contributed by atoms with Crippen molar-refractivity contribution in [3.05, 3.63) is 174 Å². The van der Waals surface area contributed by atoms with Gasteiger partial charge >= 0.3 is 29.7 Å². The molecule has 39 heteroatoms. The number of phenolic OH excluding ortho intramolecular Hbond substituents is 1. The van der Waals surface area contributed by atoms with Crippen LogP contribution in [0.25, 0.3) is 11.1 Å². The fourth-order valence-electron chi connectivity index (χ4n) is 14.2. The summed E-state index contributed by atoms with van der Waals surface area (Å²) >= 11 is 1.03. The molecule has 11 N–H and O–H groups in total. The van der Waals surface area contributed by atoms with Crippen molar-refractivity contribution in [3.63, 3.8) is 0 Å². The van der Waals surface area contributed by atoms with E-state index in [0.717, 1.165) is 71.4 Å². The third-order valence-electron chi connectivity index (χ3n) is 21.2. The Labute approximate surface area is 753 Å². The monoisotopic (exact) mass is 1840 g/mol.